The number of nitrogens with two attached hydrogens (primary N) is 1. The zero-order valence-electron chi connectivity index (χ0n) is 16.1. The van der Waals surface area contributed by atoms with E-state index in [4.69, 9.17) is 5.73 Å². The van der Waals surface area contributed by atoms with Gasteiger partial charge in [-0.05, 0) is 25.5 Å². The van der Waals surface area contributed by atoms with Crippen LogP contribution in [0.3, 0.4) is 0 Å². The lowest BCUT2D eigenvalue weighted by Gasteiger charge is -2.24. The third-order valence-electron chi connectivity index (χ3n) is 4.60. The minimum Gasteiger partial charge on any atom is -0.480 e. The maximum absolute atomic E-state index is 12.7. The summed E-state index contributed by atoms with van der Waals surface area (Å²) in [6, 6.07) is 3.38. The summed E-state index contributed by atoms with van der Waals surface area (Å²) in [6.07, 6.45) is -0.758. The molecule has 0 saturated carbocycles. The van der Waals surface area contributed by atoms with Crippen molar-refractivity contribution in [2.75, 3.05) is 0 Å². The number of aromatic nitrogens is 1. The van der Waals surface area contributed by atoms with Gasteiger partial charge in [-0.2, -0.15) is 0 Å². The van der Waals surface area contributed by atoms with Crippen molar-refractivity contribution in [1.29, 1.82) is 0 Å². The molecule has 0 aliphatic carbocycles. The summed E-state index contributed by atoms with van der Waals surface area (Å²) in [5.74, 6) is -2.97. The fraction of sp³-hybridized carbons (Fsp3) is 0.421. The topological polar surface area (TPSA) is 178 Å². The van der Waals surface area contributed by atoms with Crippen molar-refractivity contribution >= 4 is 28.7 Å². The van der Waals surface area contributed by atoms with Crippen molar-refractivity contribution in [1.82, 2.24) is 15.6 Å². The number of aromatic amines is 1. The molecule has 2 aromatic rings. The van der Waals surface area contributed by atoms with Gasteiger partial charge in [-0.25, -0.2) is 4.79 Å². The molecule has 1 aromatic carbocycles. The quantitative estimate of drug-likeness (QED) is 0.275. The number of hydrogen-bond donors (Lipinski definition) is 7. The van der Waals surface area contributed by atoms with Crippen molar-refractivity contribution in [3.05, 3.63) is 36.0 Å². The zero-order chi connectivity index (χ0) is 21.7. The van der Waals surface area contributed by atoms with Gasteiger partial charge in [-0.15, -0.1) is 0 Å². The summed E-state index contributed by atoms with van der Waals surface area (Å²) in [5.41, 5.74) is 7.19. The molecule has 0 bridgehead atoms. The molecule has 2 amide bonds. The van der Waals surface area contributed by atoms with Gasteiger partial charge in [-0.3, -0.25) is 9.59 Å². The molecule has 0 aliphatic rings. The lowest BCUT2D eigenvalue weighted by molar-refractivity contribution is -0.145. The molecule has 1 aromatic heterocycles. The Hall–Kier alpha value is -2.95. The van der Waals surface area contributed by atoms with Gasteiger partial charge in [0, 0.05) is 23.5 Å². The number of benzene rings is 1. The van der Waals surface area contributed by atoms with Gasteiger partial charge >= 0.3 is 5.97 Å². The maximum Gasteiger partial charge on any atom is 0.328 e. The first-order chi connectivity index (χ1) is 13.6. The SMILES string of the molecule is CC(O)C(N)C(=O)NC(Cc1c[nH]c2ccccc12)C(=O)NC(C(=O)O)C(C)O. The van der Waals surface area contributed by atoms with Crippen LogP contribution in [0, 0.1) is 0 Å². The van der Waals surface area contributed by atoms with Gasteiger partial charge in [0.25, 0.3) is 0 Å². The van der Waals surface area contributed by atoms with E-state index in [-0.39, 0.29) is 6.42 Å². The van der Waals surface area contributed by atoms with Crippen molar-refractivity contribution in [2.24, 2.45) is 5.73 Å². The standard InChI is InChI=1S/C19H26N4O6/c1-9(24)15(20)18(27)22-14(17(26)23-16(10(2)25)19(28)29)7-11-8-21-13-6-4-3-5-12(11)13/h3-6,8-10,14-16,21,24-25H,7,20H2,1-2H3,(H,22,27)(H,23,26)(H,28,29). The number of hydrogen-bond acceptors (Lipinski definition) is 6. The van der Waals surface area contributed by atoms with Crippen molar-refractivity contribution in [3.63, 3.8) is 0 Å². The Bertz CT molecular complexity index is 878. The Kier molecular flexibility index (Phi) is 7.32. The Morgan fingerprint density at radius 2 is 1.72 bits per heavy atom. The summed E-state index contributed by atoms with van der Waals surface area (Å²) >= 11 is 0. The molecule has 5 atom stereocenters. The summed E-state index contributed by atoms with van der Waals surface area (Å²) in [4.78, 5) is 39.4. The fourth-order valence-corrected chi connectivity index (χ4v) is 2.86. The lowest BCUT2D eigenvalue weighted by atomic mass is 10.0. The van der Waals surface area contributed by atoms with E-state index >= 15 is 0 Å². The highest BCUT2D eigenvalue weighted by Gasteiger charge is 2.31. The van der Waals surface area contributed by atoms with Crippen LogP contribution in [0.4, 0.5) is 0 Å². The number of nitrogens with one attached hydrogen (secondary N) is 3. The Labute approximate surface area is 167 Å². The van der Waals surface area contributed by atoms with Crippen LogP contribution in [-0.2, 0) is 20.8 Å². The van der Waals surface area contributed by atoms with E-state index < -0.39 is 48.1 Å². The minimum atomic E-state index is -1.55. The average molecular weight is 406 g/mol. The summed E-state index contributed by atoms with van der Waals surface area (Å²) < 4.78 is 0. The van der Waals surface area contributed by atoms with E-state index in [9.17, 15) is 29.7 Å². The number of carboxylic acid groups (broad SMARTS) is 1. The molecule has 5 unspecified atom stereocenters. The van der Waals surface area contributed by atoms with Gasteiger partial charge in [0.2, 0.25) is 11.8 Å². The van der Waals surface area contributed by atoms with Gasteiger partial charge in [0.15, 0.2) is 6.04 Å². The molecule has 29 heavy (non-hydrogen) atoms. The van der Waals surface area contributed by atoms with Gasteiger partial charge in [0.05, 0.1) is 12.2 Å². The molecule has 0 spiro atoms. The first kappa shape index (κ1) is 22.3. The number of aliphatic hydroxyl groups is 2. The van der Waals surface area contributed by atoms with E-state index in [2.05, 4.69) is 15.6 Å². The lowest BCUT2D eigenvalue weighted by Crippen LogP contribution is -2.58. The van der Waals surface area contributed by atoms with Gasteiger partial charge < -0.3 is 36.7 Å². The number of aliphatic hydroxyl groups excluding tert-OH is 2. The van der Waals surface area contributed by atoms with E-state index in [1.807, 2.05) is 24.3 Å². The van der Waals surface area contributed by atoms with Crippen LogP contribution in [0.5, 0.6) is 0 Å². The second-order valence-corrected chi connectivity index (χ2v) is 6.96. The summed E-state index contributed by atoms with van der Waals surface area (Å²) in [5, 5.41) is 33.9. The molecule has 10 heteroatoms. The van der Waals surface area contributed by atoms with Gasteiger partial charge in [-0.1, -0.05) is 18.2 Å². The predicted molar refractivity (Wildman–Crippen MR) is 105 cm³/mol. The van der Waals surface area contributed by atoms with Crippen LogP contribution in [-0.4, -0.2) is 68.4 Å². The van der Waals surface area contributed by atoms with Crippen LogP contribution in [0.1, 0.15) is 19.4 Å². The van der Waals surface area contributed by atoms with Crippen LogP contribution >= 0.6 is 0 Å². The second-order valence-electron chi connectivity index (χ2n) is 6.96. The molecule has 0 saturated heterocycles. The summed E-state index contributed by atoms with van der Waals surface area (Å²) in [6.45, 7) is 2.57. The van der Waals surface area contributed by atoms with Crippen LogP contribution < -0.4 is 16.4 Å². The summed E-state index contributed by atoms with van der Waals surface area (Å²) in [7, 11) is 0. The number of carbonyl (C=O) groups excluding carboxylic acids is 2. The normalized spacial score (nSPS) is 16.4. The molecule has 0 aliphatic heterocycles. The number of para-hydroxylation sites is 1. The van der Waals surface area contributed by atoms with E-state index in [1.54, 1.807) is 6.20 Å². The highest BCUT2D eigenvalue weighted by atomic mass is 16.4. The monoisotopic (exact) mass is 406 g/mol. The van der Waals surface area contributed by atoms with Crippen molar-refractivity contribution < 1.29 is 29.7 Å². The van der Waals surface area contributed by atoms with E-state index in [0.717, 1.165) is 16.5 Å². The molecule has 10 nitrogen and oxygen atoms in total. The highest BCUT2D eigenvalue weighted by molar-refractivity contribution is 5.93. The molecular weight excluding hydrogens is 380 g/mol. The van der Waals surface area contributed by atoms with Gasteiger partial charge in [0.1, 0.15) is 12.1 Å². The Morgan fingerprint density at radius 3 is 2.31 bits per heavy atom. The number of H-pyrrole nitrogens is 1. The number of rotatable bonds is 9. The number of amides is 2. The van der Waals surface area contributed by atoms with E-state index in [0.29, 0.717) is 0 Å². The first-order valence-electron chi connectivity index (χ1n) is 9.12. The first-order valence-corrected chi connectivity index (χ1v) is 9.12. The largest absolute Gasteiger partial charge is 0.480 e. The van der Waals surface area contributed by atoms with E-state index in [1.165, 1.54) is 13.8 Å². The molecule has 158 valence electrons. The second kappa shape index (κ2) is 9.50. The minimum absolute atomic E-state index is 0.0419. The predicted octanol–water partition coefficient (Wildman–Crippen LogP) is -1.15. The highest BCUT2D eigenvalue weighted by Crippen LogP contribution is 2.19. The third kappa shape index (κ3) is 5.53. The molecule has 8 N–H and O–H groups in total. The molecule has 0 radical (unpaired) electrons. The molecular formula is C19H26N4O6. The number of carboxylic acids is 1. The fourth-order valence-electron chi connectivity index (χ4n) is 2.86. The number of carbonyl (C=O) groups is 3. The molecule has 1 heterocycles. The Morgan fingerprint density at radius 1 is 1.07 bits per heavy atom. The van der Waals surface area contributed by atoms with Crippen molar-refractivity contribution in [2.45, 2.75) is 50.6 Å². The smallest absolute Gasteiger partial charge is 0.328 e. The van der Waals surface area contributed by atoms with Crippen molar-refractivity contribution in [3.8, 4) is 0 Å². The average Bonchev–Trinajstić information content (AvgIpc) is 3.07. The number of aliphatic carboxylic acids is 1. The van der Waals surface area contributed by atoms with Crippen LogP contribution in [0.2, 0.25) is 0 Å². The molecule has 2 rings (SSSR count). The zero-order valence-corrected chi connectivity index (χ0v) is 16.1. The third-order valence-corrected chi connectivity index (χ3v) is 4.60. The maximum atomic E-state index is 12.7. The van der Waals surface area contributed by atoms with Crippen LogP contribution in [0.25, 0.3) is 10.9 Å². The number of fused-ring (bicyclic) bond motifs is 1. The van der Waals surface area contributed by atoms with Crippen LogP contribution in [0.15, 0.2) is 30.5 Å². The Balaban J connectivity index is 2.28. The molecule has 0 fully saturated rings.